The van der Waals surface area contributed by atoms with Crippen LogP contribution in [0.4, 0.5) is 11.8 Å². The van der Waals surface area contributed by atoms with Crippen LogP contribution >= 0.6 is 11.3 Å². The highest BCUT2D eigenvalue weighted by atomic mass is 32.1. The number of methoxy groups -OCH3 is 1. The van der Waals surface area contributed by atoms with Gasteiger partial charge in [0.1, 0.15) is 22.3 Å². The first kappa shape index (κ1) is 21.9. The molecule has 5 rings (SSSR count). The van der Waals surface area contributed by atoms with Crippen molar-refractivity contribution in [1.29, 1.82) is 0 Å². The van der Waals surface area contributed by atoms with Gasteiger partial charge >= 0.3 is 0 Å². The smallest absolute Gasteiger partial charge is 0.258 e. The second kappa shape index (κ2) is 8.81. The predicted molar refractivity (Wildman–Crippen MR) is 129 cm³/mol. The second-order valence-electron chi connectivity index (χ2n) is 7.93. The predicted octanol–water partition coefficient (Wildman–Crippen LogP) is 3.46. The van der Waals surface area contributed by atoms with Crippen LogP contribution in [0.5, 0.6) is 5.75 Å². The average molecular weight is 475 g/mol. The minimum Gasteiger partial charge on any atom is -0.497 e. The average Bonchev–Trinajstić information content (AvgIpc) is 3.47. The molecular weight excluding hydrogens is 452 g/mol. The van der Waals surface area contributed by atoms with Crippen molar-refractivity contribution in [2.75, 3.05) is 26.0 Å². The Hall–Kier alpha value is -3.89. The molecule has 9 nitrogen and oxygen atoms in total. The lowest BCUT2D eigenvalue weighted by Gasteiger charge is -2.21. The highest BCUT2D eigenvalue weighted by Gasteiger charge is 2.45. The van der Waals surface area contributed by atoms with E-state index in [1.54, 1.807) is 55.7 Å². The number of likely N-dealkylation sites (N-methyl/N-ethyl adjacent to an activating group) is 1. The molecule has 172 valence electrons. The fraction of sp³-hybridized carbons (Fsp3) is 0.208. The number of pyridine rings is 1. The van der Waals surface area contributed by atoms with Crippen molar-refractivity contribution in [3.63, 3.8) is 0 Å². The first-order chi connectivity index (χ1) is 16.5. The van der Waals surface area contributed by atoms with E-state index in [0.29, 0.717) is 47.4 Å². The number of nitrogens with one attached hydrogen (secondary N) is 1. The summed E-state index contributed by atoms with van der Waals surface area (Å²) in [6.07, 6.45) is 3.66. The Morgan fingerprint density at radius 2 is 1.97 bits per heavy atom. The van der Waals surface area contributed by atoms with E-state index in [1.165, 1.54) is 11.3 Å². The molecule has 1 fully saturated rings. The van der Waals surface area contributed by atoms with Crippen LogP contribution in [-0.4, -0.2) is 56.6 Å². The number of benzene rings is 1. The van der Waals surface area contributed by atoms with Crippen molar-refractivity contribution in [1.82, 2.24) is 24.8 Å². The molecule has 1 aromatic carbocycles. The Morgan fingerprint density at radius 1 is 1.12 bits per heavy atom. The second-order valence-corrected chi connectivity index (χ2v) is 8.79. The summed E-state index contributed by atoms with van der Waals surface area (Å²) in [4.78, 5) is 31.9. The zero-order valence-electron chi connectivity index (χ0n) is 18.6. The molecule has 1 atom stereocenters. The molecule has 1 aliphatic heterocycles. The minimum absolute atomic E-state index is 0.281. The van der Waals surface area contributed by atoms with Crippen LogP contribution in [0.1, 0.15) is 12.0 Å². The molecule has 34 heavy (non-hydrogen) atoms. The summed E-state index contributed by atoms with van der Waals surface area (Å²) in [7, 11) is 3.29. The standard InChI is InChI=1S/C24H22N6O3S/c1-30-11-8-24(32,22(30)31)16-5-3-4-15(12-16)21-27-19(14-34-21)18-7-10-26-23(28-18)29-20-13-17(33-2)6-9-25-20/h3-7,9-10,12-14,32H,8,11H2,1-2H3,(H,25,26,28,29). The van der Waals surface area contributed by atoms with E-state index in [4.69, 9.17) is 9.72 Å². The number of ether oxygens (including phenoxy) is 1. The molecule has 4 aromatic rings. The third-order valence-corrected chi connectivity index (χ3v) is 6.62. The number of nitrogens with zero attached hydrogens (tertiary/aromatic N) is 5. The van der Waals surface area contributed by atoms with Crippen LogP contribution in [0.25, 0.3) is 22.0 Å². The number of likely N-dealkylation sites (tertiary alicyclic amines) is 1. The van der Waals surface area contributed by atoms with E-state index in [1.807, 2.05) is 23.6 Å². The molecule has 10 heteroatoms. The summed E-state index contributed by atoms with van der Waals surface area (Å²) in [5.74, 6) is 1.35. The zero-order valence-corrected chi connectivity index (χ0v) is 19.4. The van der Waals surface area contributed by atoms with E-state index < -0.39 is 5.60 Å². The summed E-state index contributed by atoms with van der Waals surface area (Å²) in [6.45, 7) is 0.524. The van der Waals surface area contributed by atoms with Gasteiger partial charge in [-0.2, -0.15) is 0 Å². The number of amides is 1. The van der Waals surface area contributed by atoms with Crippen molar-refractivity contribution in [2.24, 2.45) is 0 Å². The summed E-state index contributed by atoms with van der Waals surface area (Å²) in [5, 5.41) is 16.8. The number of aromatic nitrogens is 4. The molecule has 1 amide bonds. The maximum Gasteiger partial charge on any atom is 0.258 e. The Labute approximate surface area is 200 Å². The van der Waals surface area contributed by atoms with Crippen LogP contribution in [0.3, 0.4) is 0 Å². The van der Waals surface area contributed by atoms with Crippen molar-refractivity contribution >= 4 is 29.0 Å². The van der Waals surface area contributed by atoms with Crippen LogP contribution < -0.4 is 10.1 Å². The van der Waals surface area contributed by atoms with E-state index in [0.717, 1.165) is 10.6 Å². The van der Waals surface area contributed by atoms with Gasteiger partial charge in [0.15, 0.2) is 5.60 Å². The Balaban J connectivity index is 1.40. The third kappa shape index (κ3) is 4.09. The van der Waals surface area contributed by atoms with Crippen LogP contribution in [0, 0.1) is 0 Å². The molecule has 0 bridgehead atoms. The van der Waals surface area contributed by atoms with Crippen LogP contribution in [-0.2, 0) is 10.4 Å². The van der Waals surface area contributed by atoms with Gasteiger partial charge in [0.2, 0.25) is 5.95 Å². The number of carbonyl (C=O) groups excluding carboxylic acids is 1. The molecule has 4 heterocycles. The topological polar surface area (TPSA) is 113 Å². The van der Waals surface area contributed by atoms with Gasteiger partial charge in [0.25, 0.3) is 5.91 Å². The largest absolute Gasteiger partial charge is 0.497 e. The summed E-state index contributed by atoms with van der Waals surface area (Å²) in [6, 6.07) is 12.7. The van der Waals surface area contributed by atoms with Gasteiger partial charge < -0.3 is 20.1 Å². The molecule has 0 spiro atoms. The molecule has 1 saturated heterocycles. The van der Waals surface area contributed by atoms with E-state index in [-0.39, 0.29) is 5.91 Å². The van der Waals surface area contributed by atoms with Crippen molar-refractivity contribution in [3.8, 4) is 27.7 Å². The number of aliphatic hydroxyl groups is 1. The Morgan fingerprint density at radius 3 is 2.76 bits per heavy atom. The molecule has 1 unspecified atom stereocenters. The molecule has 2 N–H and O–H groups in total. The van der Waals surface area contributed by atoms with E-state index in [2.05, 4.69) is 20.3 Å². The fourth-order valence-electron chi connectivity index (χ4n) is 3.84. The SMILES string of the molecule is COc1ccnc(Nc2nccc(-c3csc(-c4cccc(C5(O)CCN(C)C5=O)c4)n3)n2)c1. The molecular formula is C24H22N6O3S. The molecule has 0 aliphatic carbocycles. The monoisotopic (exact) mass is 474 g/mol. The number of hydrogen-bond donors (Lipinski definition) is 2. The lowest BCUT2D eigenvalue weighted by atomic mass is 9.91. The quantitative estimate of drug-likeness (QED) is 0.437. The first-order valence-electron chi connectivity index (χ1n) is 10.6. The van der Waals surface area contributed by atoms with E-state index >= 15 is 0 Å². The molecule has 3 aromatic heterocycles. The van der Waals surface area contributed by atoms with Gasteiger partial charge in [-0.05, 0) is 23.8 Å². The first-order valence-corrected chi connectivity index (χ1v) is 11.5. The summed E-state index contributed by atoms with van der Waals surface area (Å²) in [5.41, 5.74) is 1.27. The lowest BCUT2D eigenvalue weighted by molar-refractivity contribution is -0.143. The Bertz CT molecular complexity index is 1360. The fourth-order valence-corrected chi connectivity index (χ4v) is 4.65. The van der Waals surface area contributed by atoms with Gasteiger partial charge in [-0.15, -0.1) is 11.3 Å². The van der Waals surface area contributed by atoms with Gasteiger partial charge in [-0.25, -0.2) is 19.9 Å². The van der Waals surface area contributed by atoms with Crippen molar-refractivity contribution in [2.45, 2.75) is 12.0 Å². The number of anilines is 2. The minimum atomic E-state index is -1.49. The third-order valence-electron chi connectivity index (χ3n) is 5.73. The van der Waals surface area contributed by atoms with Crippen LogP contribution in [0.15, 0.2) is 60.2 Å². The molecule has 0 radical (unpaired) electrons. The number of rotatable bonds is 6. The highest BCUT2D eigenvalue weighted by Crippen LogP contribution is 2.36. The number of carbonyl (C=O) groups is 1. The van der Waals surface area contributed by atoms with Gasteiger partial charge in [0.05, 0.1) is 12.8 Å². The van der Waals surface area contributed by atoms with Crippen LogP contribution in [0.2, 0.25) is 0 Å². The maximum atomic E-state index is 12.5. The van der Waals surface area contributed by atoms with Gasteiger partial charge in [-0.3, -0.25) is 4.79 Å². The maximum absolute atomic E-state index is 12.5. The molecule has 0 saturated carbocycles. The summed E-state index contributed by atoms with van der Waals surface area (Å²) < 4.78 is 5.22. The zero-order chi connectivity index (χ0) is 23.7. The van der Waals surface area contributed by atoms with Gasteiger partial charge in [-0.1, -0.05) is 18.2 Å². The van der Waals surface area contributed by atoms with Crippen molar-refractivity contribution in [3.05, 3.63) is 65.8 Å². The molecule has 1 aliphatic rings. The normalized spacial score (nSPS) is 17.7. The summed E-state index contributed by atoms with van der Waals surface area (Å²) >= 11 is 1.47. The lowest BCUT2D eigenvalue weighted by Crippen LogP contribution is -2.36. The van der Waals surface area contributed by atoms with E-state index in [9.17, 15) is 9.90 Å². The highest BCUT2D eigenvalue weighted by molar-refractivity contribution is 7.13. The van der Waals surface area contributed by atoms with Crippen molar-refractivity contribution < 1.29 is 14.6 Å². The van der Waals surface area contributed by atoms with Gasteiger partial charge in [0, 0.05) is 49.4 Å². The number of hydrogen-bond acceptors (Lipinski definition) is 9. The Kier molecular flexibility index (Phi) is 5.68. The number of thiazole rings is 1.